The summed E-state index contributed by atoms with van der Waals surface area (Å²) in [5.74, 6) is 0.143. The lowest BCUT2D eigenvalue weighted by molar-refractivity contribution is 0.0185. The SMILES string of the molecule is O=Cc1ccc(C(O)C(O)CCl)o1. The molecule has 0 fully saturated rings. The molecule has 72 valence electrons. The summed E-state index contributed by atoms with van der Waals surface area (Å²) in [6.45, 7) is 0. The molecule has 0 saturated heterocycles. The van der Waals surface area contributed by atoms with Gasteiger partial charge in [-0.3, -0.25) is 4.79 Å². The standard InChI is InChI=1S/C8H9ClO4/c9-3-6(11)8(12)7-2-1-5(4-10)13-7/h1-2,4,6,8,11-12H,3H2. The predicted molar refractivity (Wildman–Crippen MR) is 45.8 cm³/mol. The first-order chi connectivity index (χ1) is 6.19. The van der Waals surface area contributed by atoms with Crippen LogP contribution in [0.4, 0.5) is 0 Å². The van der Waals surface area contributed by atoms with E-state index in [1.807, 2.05) is 0 Å². The molecule has 13 heavy (non-hydrogen) atoms. The molecule has 1 aromatic heterocycles. The molecule has 0 aliphatic heterocycles. The fourth-order valence-electron chi connectivity index (χ4n) is 0.865. The van der Waals surface area contributed by atoms with Gasteiger partial charge in [0.2, 0.25) is 0 Å². The normalized spacial score (nSPS) is 15.3. The zero-order chi connectivity index (χ0) is 9.84. The van der Waals surface area contributed by atoms with Gasteiger partial charge in [0.25, 0.3) is 0 Å². The highest BCUT2D eigenvalue weighted by molar-refractivity contribution is 6.18. The van der Waals surface area contributed by atoms with Crippen LogP contribution in [-0.2, 0) is 0 Å². The monoisotopic (exact) mass is 204 g/mol. The van der Waals surface area contributed by atoms with Crippen LogP contribution in [0.25, 0.3) is 0 Å². The van der Waals surface area contributed by atoms with Crippen molar-refractivity contribution in [3.63, 3.8) is 0 Å². The lowest BCUT2D eigenvalue weighted by Gasteiger charge is -2.11. The second-order valence-corrected chi connectivity index (χ2v) is 2.83. The topological polar surface area (TPSA) is 70.7 Å². The summed E-state index contributed by atoms with van der Waals surface area (Å²) in [6, 6.07) is 2.83. The van der Waals surface area contributed by atoms with Crippen molar-refractivity contribution < 1.29 is 19.4 Å². The van der Waals surface area contributed by atoms with E-state index in [0.717, 1.165) is 0 Å². The number of aliphatic hydroxyl groups excluding tert-OH is 2. The van der Waals surface area contributed by atoms with Gasteiger partial charge in [-0.25, -0.2) is 0 Å². The Morgan fingerprint density at radius 2 is 2.23 bits per heavy atom. The minimum atomic E-state index is -1.19. The van der Waals surface area contributed by atoms with Gasteiger partial charge in [0, 0.05) is 0 Å². The lowest BCUT2D eigenvalue weighted by Crippen LogP contribution is -2.19. The van der Waals surface area contributed by atoms with Crippen molar-refractivity contribution in [3.8, 4) is 0 Å². The molecule has 1 rings (SSSR count). The molecule has 0 spiro atoms. The zero-order valence-corrected chi connectivity index (χ0v) is 7.44. The summed E-state index contributed by atoms with van der Waals surface area (Å²) >= 11 is 5.32. The van der Waals surface area contributed by atoms with Crippen molar-refractivity contribution in [1.82, 2.24) is 0 Å². The number of carbonyl (C=O) groups is 1. The van der Waals surface area contributed by atoms with Crippen molar-refractivity contribution >= 4 is 17.9 Å². The maximum absolute atomic E-state index is 10.2. The Bertz CT molecular complexity index is 283. The third-order valence-corrected chi connectivity index (χ3v) is 1.89. The smallest absolute Gasteiger partial charge is 0.185 e. The van der Waals surface area contributed by atoms with Gasteiger partial charge in [0.15, 0.2) is 12.0 Å². The van der Waals surface area contributed by atoms with Crippen LogP contribution in [0.3, 0.4) is 0 Å². The van der Waals surface area contributed by atoms with Crippen molar-refractivity contribution in [2.24, 2.45) is 0 Å². The molecule has 0 aromatic carbocycles. The molecule has 4 nitrogen and oxygen atoms in total. The van der Waals surface area contributed by atoms with E-state index in [9.17, 15) is 9.90 Å². The second-order valence-electron chi connectivity index (χ2n) is 2.52. The lowest BCUT2D eigenvalue weighted by atomic mass is 10.2. The Hall–Kier alpha value is -0.840. The largest absolute Gasteiger partial charge is 0.455 e. The predicted octanol–water partition coefficient (Wildman–Crippen LogP) is 0.725. The van der Waals surface area contributed by atoms with E-state index < -0.39 is 12.2 Å². The van der Waals surface area contributed by atoms with Crippen LogP contribution in [0, 0.1) is 0 Å². The molecule has 0 bridgehead atoms. The molecule has 0 radical (unpaired) electrons. The maximum Gasteiger partial charge on any atom is 0.185 e. The molecule has 0 aliphatic rings. The molecule has 2 N–H and O–H groups in total. The van der Waals surface area contributed by atoms with Crippen LogP contribution in [-0.4, -0.2) is 28.5 Å². The van der Waals surface area contributed by atoms with E-state index in [2.05, 4.69) is 0 Å². The second kappa shape index (κ2) is 4.41. The molecule has 2 unspecified atom stereocenters. The average molecular weight is 205 g/mol. The fourth-order valence-corrected chi connectivity index (χ4v) is 1.03. The Morgan fingerprint density at radius 3 is 2.69 bits per heavy atom. The van der Waals surface area contributed by atoms with Gasteiger partial charge in [0.05, 0.1) is 5.88 Å². The Balaban J connectivity index is 2.76. The van der Waals surface area contributed by atoms with Gasteiger partial charge in [-0.05, 0) is 12.1 Å². The number of hydrogen-bond acceptors (Lipinski definition) is 4. The number of rotatable bonds is 4. The summed E-state index contributed by atoms with van der Waals surface area (Å²) in [5.41, 5.74) is 0. The molecular formula is C8H9ClO4. The van der Waals surface area contributed by atoms with Gasteiger partial charge < -0.3 is 14.6 Å². The zero-order valence-electron chi connectivity index (χ0n) is 6.68. The highest BCUT2D eigenvalue weighted by atomic mass is 35.5. The highest BCUT2D eigenvalue weighted by Crippen LogP contribution is 2.19. The van der Waals surface area contributed by atoms with Crippen LogP contribution in [0.1, 0.15) is 22.4 Å². The molecule has 0 aliphatic carbocycles. The van der Waals surface area contributed by atoms with Crippen LogP contribution in [0.2, 0.25) is 0 Å². The Kier molecular flexibility index (Phi) is 3.48. The number of alkyl halides is 1. The Labute approximate surface area is 79.7 Å². The quantitative estimate of drug-likeness (QED) is 0.560. The van der Waals surface area contributed by atoms with Gasteiger partial charge in [0.1, 0.15) is 18.0 Å². The van der Waals surface area contributed by atoms with Crippen LogP contribution >= 0.6 is 11.6 Å². The first kappa shape index (κ1) is 10.2. The van der Waals surface area contributed by atoms with E-state index >= 15 is 0 Å². The summed E-state index contributed by atoms with van der Waals surface area (Å²) in [5, 5.41) is 18.5. The average Bonchev–Trinajstić information content (AvgIpc) is 2.63. The molecule has 5 heteroatoms. The summed E-state index contributed by atoms with van der Waals surface area (Å²) in [4.78, 5) is 10.2. The van der Waals surface area contributed by atoms with E-state index in [0.29, 0.717) is 6.29 Å². The fraction of sp³-hybridized carbons (Fsp3) is 0.375. The van der Waals surface area contributed by atoms with E-state index in [-0.39, 0.29) is 17.4 Å². The molecule has 1 heterocycles. The van der Waals surface area contributed by atoms with Gasteiger partial charge in [-0.2, -0.15) is 0 Å². The van der Waals surface area contributed by atoms with Crippen LogP contribution in [0.15, 0.2) is 16.5 Å². The van der Waals surface area contributed by atoms with Crippen molar-refractivity contribution in [1.29, 1.82) is 0 Å². The van der Waals surface area contributed by atoms with Crippen LogP contribution in [0.5, 0.6) is 0 Å². The minimum Gasteiger partial charge on any atom is -0.455 e. The first-order valence-corrected chi connectivity index (χ1v) is 4.19. The molecule has 0 amide bonds. The number of hydrogen-bond donors (Lipinski definition) is 2. The van der Waals surface area contributed by atoms with E-state index in [4.69, 9.17) is 21.1 Å². The summed E-state index contributed by atoms with van der Waals surface area (Å²) < 4.78 is 4.88. The van der Waals surface area contributed by atoms with Crippen molar-refractivity contribution in [2.75, 3.05) is 5.88 Å². The van der Waals surface area contributed by atoms with Crippen molar-refractivity contribution in [2.45, 2.75) is 12.2 Å². The van der Waals surface area contributed by atoms with Gasteiger partial charge >= 0.3 is 0 Å². The number of aliphatic hydroxyl groups is 2. The summed E-state index contributed by atoms with van der Waals surface area (Å²) in [7, 11) is 0. The van der Waals surface area contributed by atoms with Gasteiger partial charge in [-0.15, -0.1) is 11.6 Å². The first-order valence-electron chi connectivity index (χ1n) is 3.66. The highest BCUT2D eigenvalue weighted by Gasteiger charge is 2.20. The number of furan rings is 1. The third kappa shape index (κ3) is 2.30. The van der Waals surface area contributed by atoms with Crippen molar-refractivity contribution in [3.05, 3.63) is 23.7 Å². The molecular weight excluding hydrogens is 196 g/mol. The third-order valence-electron chi connectivity index (χ3n) is 1.58. The van der Waals surface area contributed by atoms with E-state index in [1.165, 1.54) is 12.1 Å². The number of aldehydes is 1. The number of halogens is 1. The Morgan fingerprint density at radius 1 is 1.54 bits per heavy atom. The maximum atomic E-state index is 10.2. The van der Waals surface area contributed by atoms with Crippen LogP contribution < -0.4 is 0 Å². The summed E-state index contributed by atoms with van der Waals surface area (Å²) in [6.07, 6.45) is -1.76. The number of carbonyl (C=O) groups excluding carboxylic acids is 1. The molecule has 1 aromatic rings. The molecule has 0 saturated carbocycles. The van der Waals surface area contributed by atoms with E-state index in [1.54, 1.807) is 0 Å². The molecule has 2 atom stereocenters. The minimum absolute atomic E-state index is 0.0989. The van der Waals surface area contributed by atoms with Gasteiger partial charge in [-0.1, -0.05) is 0 Å².